The van der Waals surface area contributed by atoms with Crippen LogP contribution in [0.1, 0.15) is 25.0 Å². The molecule has 266 valence electrons. The van der Waals surface area contributed by atoms with Crippen molar-refractivity contribution in [3.8, 4) is 55.6 Å². The molecule has 0 saturated carbocycles. The summed E-state index contributed by atoms with van der Waals surface area (Å²) in [5, 5.41) is 2.45. The SMILES string of the molecule is CC1(C)c2cc(-c3ccc(-c4ccc(-c5ccccc5)cc4)cc3)ccc2-c2ccc(N(c3ccccc3-c3ccccc3)c3cccc4ccccc34)cc21. The molecule has 1 heteroatoms. The Morgan fingerprint density at radius 1 is 0.321 bits per heavy atom. The number of para-hydroxylation sites is 1. The van der Waals surface area contributed by atoms with Crippen LogP contribution >= 0.6 is 0 Å². The summed E-state index contributed by atoms with van der Waals surface area (Å²) < 4.78 is 0. The molecule has 0 unspecified atom stereocenters. The topological polar surface area (TPSA) is 3.24 Å². The van der Waals surface area contributed by atoms with Gasteiger partial charge in [-0.25, -0.2) is 0 Å². The van der Waals surface area contributed by atoms with Crippen LogP contribution in [0.3, 0.4) is 0 Å². The summed E-state index contributed by atoms with van der Waals surface area (Å²) >= 11 is 0. The Bertz CT molecular complexity index is 2840. The number of hydrogen-bond acceptors (Lipinski definition) is 1. The largest absolute Gasteiger partial charge is 0.309 e. The maximum Gasteiger partial charge on any atom is 0.0540 e. The van der Waals surface area contributed by atoms with Gasteiger partial charge < -0.3 is 4.90 Å². The van der Waals surface area contributed by atoms with Crippen molar-refractivity contribution in [2.24, 2.45) is 0 Å². The third-order valence-electron chi connectivity index (χ3n) is 11.7. The molecule has 1 aliphatic carbocycles. The van der Waals surface area contributed by atoms with Crippen molar-refractivity contribution in [3.63, 3.8) is 0 Å². The van der Waals surface area contributed by atoms with Crippen LogP contribution in [0.2, 0.25) is 0 Å². The molecule has 0 heterocycles. The summed E-state index contributed by atoms with van der Waals surface area (Å²) in [4.78, 5) is 2.46. The lowest BCUT2D eigenvalue weighted by atomic mass is 9.81. The van der Waals surface area contributed by atoms with Gasteiger partial charge in [-0.15, -0.1) is 0 Å². The minimum atomic E-state index is -0.194. The third-order valence-corrected chi connectivity index (χ3v) is 11.7. The first kappa shape index (κ1) is 33.6. The Kier molecular flexibility index (Phi) is 8.23. The summed E-state index contributed by atoms with van der Waals surface area (Å²) in [6.07, 6.45) is 0. The smallest absolute Gasteiger partial charge is 0.0540 e. The van der Waals surface area contributed by atoms with Gasteiger partial charge in [-0.05, 0) is 96.9 Å². The third kappa shape index (κ3) is 5.81. The summed E-state index contributed by atoms with van der Waals surface area (Å²) in [5.74, 6) is 0. The lowest BCUT2D eigenvalue weighted by molar-refractivity contribution is 0.660. The molecular formula is C55H41N. The van der Waals surface area contributed by atoms with Gasteiger partial charge in [0.1, 0.15) is 0 Å². The Morgan fingerprint density at radius 2 is 0.786 bits per heavy atom. The van der Waals surface area contributed by atoms with Gasteiger partial charge in [-0.2, -0.15) is 0 Å². The van der Waals surface area contributed by atoms with Crippen LogP contribution in [-0.2, 0) is 5.41 Å². The molecule has 1 nitrogen and oxygen atoms in total. The fourth-order valence-corrected chi connectivity index (χ4v) is 8.73. The number of benzene rings is 9. The van der Waals surface area contributed by atoms with E-state index in [1.807, 2.05) is 0 Å². The fraction of sp³-hybridized carbons (Fsp3) is 0.0545. The molecule has 0 atom stereocenters. The predicted octanol–water partition coefficient (Wildman–Crippen LogP) is 15.3. The number of nitrogens with zero attached hydrogens (tertiary/aromatic N) is 1. The quantitative estimate of drug-likeness (QED) is 0.159. The van der Waals surface area contributed by atoms with Gasteiger partial charge in [0.15, 0.2) is 0 Å². The molecule has 0 bridgehead atoms. The van der Waals surface area contributed by atoms with Gasteiger partial charge in [0.25, 0.3) is 0 Å². The zero-order valence-corrected chi connectivity index (χ0v) is 31.7. The average molecular weight is 716 g/mol. The minimum Gasteiger partial charge on any atom is -0.309 e. The lowest BCUT2D eigenvalue weighted by Gasteiger charge is -2.30. The fourth-order valence-electron chi connectivity index (χ4n) is 8.73. The average Bonchev–Trinajstić information content (AvgIpc) is 3.49. The van der Waals surface area contributed by atoms with Gasteiger partial charge in [0, 0.05) is 22.1 Å². The molecule has 9 aromatic carbocycles. The number of hydrogen-bond donors (Lipinski definition) is 0. The van der Waals surface area contributed by atoms with E-state index in [1.54, 1.807) is 0 Å². The van der Waals surface area contributed by atoms with E-state index >= 15 is 0 Å². The Hall–Kier alpha value is -6.96. The number of rotatable bonds is 7. The van der Waals surface area contributed by atoms with E-state index in [9.17, 15) is 0 Å². The first-order chi connectivity index (χ1) is 27.5. The van der Waals surface area contributed by atoms with Crippen LogP contribution in [0.5, 0.6) is 0 Å². The van der Waals surface area contributed by atoms with E-state index in [0.29, 0.717) is 0 Å². The lowest BCUT2D eigenvalue weighted by Crippen LogP contribution is -2.17. The standard InChI is InChI=1S/C55H41N/c1-55(2)51-36-45(42-30-28-41(29-31-42)40-26-24-39(25-27-40)38-14-5-3-6-15-38)32-34-49(51)50-35-33-46(37-52(50)55)56(54-23-13-19-44-18-9-10-20-48(44)54)53-22-12-11-21-47(53)43-16-7-4-8-17-43/h3-37H,1-2H3. The molecule has 0 fully saturated rings. The zero-order chi connectivity index (χ0) is 37.6. The first-order valence-electron chi connectivity index (χ1n) is 19.5. The molecule has 0 aromatic heterocycles. The maximum absolute atomic E-state index is 2.46. The summed E-state index contributed by atoms with van der Waals surface area (Å²) in [5.41, 5.74) is 18.4. The molecule has 0 aliphatic heterocycles. The van der Waals surface area contributed by atoms with Crippen molar-refractivity contribution in [1.29, 1.82) is 0 Å². The summed E-state index contributed by atoms with van der Waals surface area (Å²) in [6, 6.07) is 77.5. The molecule has 56 heavy (non-hydrogen) atoms. The van der Waals surface area contributed by atoms with Crippen molar-refractivity contribution in [2.45, 2.75) is 19.3 Å². The van der Waals surface area contributed by atoms with Crippen LogP contribution in [0, 0.1) is 0 Å². The van der Waals surface area contributed by atoms with Crippen LogP contribution in [0.4, 0.5) is 17.1 Å². The molecule has 1 aliphatic rings. The van der Waals surface area contributed by atoms with Crippen molar-refractivity contribution < 1.29 is 0 Å². The molecular weight excluding hydrogens is 675 g/mol. The van der Waals surface area contributed by atoms with Crippen LogP contribution in [0.15, 0.2) is 212 Å². The second kappa shape index (κ2) is 13.7. The van der Waals surface area contributed by atoms with Crippen molar-refractivity contribution in [1.82, 2.24) is 0 Å². The van der Waals surface area contributed by atoms with Gasteiger partial charge in [-0.3, -0.25) is 0 Å². The molecule has 10 rings (SSSR count). The van der Waals surface area contributed by atoms with Crippen LogP contribution < -0.4 is 4.90 Å². The van der Waals surface area contributed by atoms with Gasteiger partial charge >= 0.3 is 0 Å². The van der Waals surface area contributed by atoms with Crippen molar-refractivity contribution in [2.75, 3.05) is 4.90 Å². The zero-order valence-electron chi connectivity index (χ0n) is 31.7. The summed E-state index contributed by atoms with van der Waals surface area (Å²) in [7, 11) is 0. The highest BCUT2D eigenvalue weighted by atomic mass is 15.1. The Balaban J connectivity index is 1.02. The maximum atomic E-state index is 2.46. The van der Waals surface area contributed by atoms with E-state index in [2.05, 4.69) is 231 Å². The van der Waals surface area contributed by atoms with Crippen molar-refractivity contribution in [3.05, 3.63) is 223 Å². The highest BCUT2D eigenvalue weighted by molar-refractivity contribution is 6.01. The molecule has 0 radical (unpaired) electrons. The second-order valence-corrected chi connectivity index (χ2v) is 15.4. The molecule has 0 spiro atoms. The predicted molar refractivity (Wildman–Crippen MR) is 238 cm³/mol. The Labute approximate surface area is 329 Å². The monoisotopic (exact) mass is 715 g/mol. The summed E-state index contributed by atoms with van der Waals surface area (Å²) in [6.45, 7) is 4.77. The van der Waals surface area contributed by atoms with Crippen molar-refractivity contribution >= 4 is 27.8 Å². The van der Waals surface area contributed by atoms with E-state index in [0.717, 1.165) is 17.1 Å². The van der Waals surface area contributed by atoms with Crippen LogP contribution in [-0.4, -0.2) is 0 Å². The Morgan fingerprint density at radius 3 is 1.46 bits per heavy atom. The molecule has 0 amide bonds. The first-order valence-corrected chi connectivity index (χ1v) is 19.5. The van der Waals surface area contributed by atoms with E-state index in [4.69, 9.17) is 0 Å². The minimum absolute atomic E-state index is 0.194. The number of anilines is 3. The van der Waals surface area contributed by atoms with Gasteiger partial charge in [0.05, 0.1) is 11.4 Å². The van der Waals surface area contributed by atoms with E-state index in [-0.39, 0.29) is 5.41 Å². The second-order valence-electron chi connectivity index (χ2n) is 15.4. The van der Waals surface area contributed by atoms with E-state index < -0.39 is 0 Å². The van der Waals surface area contributed by atoms with Gasteiger partial charge in [-0.1, -0.05) is 196 Å². The molecule has 0 saturated heterocycles. The normalized spacial score (nSPS) is 12.6. The highest BCUT2D eigenvalue weighted by Gasteiger charge is 2.36. The number of fused-ring (bicyclic) bond motifs is 4. The van der Waals surface area contributed by atoms with Crippen LogP contribution in [0.25, 0.3) is 66.4 Å². The molecule has 9 aromatic rings. The highest BCUT2D eigenvalue weighted by Crippen LogP contribution is 2.52. The van der Waals surface area contributed by atoms with Gasteiger partial charge in [0.2, 0.25) is 0 Å². The van der Waals surface area contributed by atoms with E-state index in [1.165, 1.54) is 77.5 Å². The molecule has 0 N–H and O–H groups in total.